The van der Waals surface area contributed by atoms with E-state index in [4.69, 9.17) is 9.47 Å². The fourth-order valence-electron chi connectivity index (χ4n) is 3.02. The van der Waals surface area contributed by atoms with Gasteiger partial charge in [-0.05, 0) is 39.2 Å². The van der Waals surface area contributed by atoms with Crippen LogP contribution in [-0.2, 0) is 14.3 Å². The molecule has 1 aliphatic heterocycles. The van der Waals surface area contributed by atoms with Gasteiger partial charge >= 0.3 is 12.1 Å². The Morgan fingerprint density at radius 1 is 1.16 bits per heavy atom. The van der Waals surface area contributed by atoms with Crippen molar-refractivity contribution in [1.29, 1.82) is 0 Å². The highest BCUT2D eigenvalue weighted by atomic mass is 16.6. The highest BCUT2D eigenvalue weighted by molar-refractivity contribution is 5.77. The van der Waals surface area contributed by atoms with E-state index in [1.165, 1.54) is 7.11 Å². The maximum Gasteiger partial charge on any atom is 0.407 e. The molecule has 0 spiro atoms. The standard InChI is InChI=1S/C19H28N2O4/c1-19(2,3)25-18(23)20-15-10-12-21(13-11-15)16(17(22)24-4)14-8-6-5-7-9-14/h5-9,15-16H,10-13H2,1-4H3,(H,20,23)/t16-/m0/s1. The molecule has 0 radical (unpaired) electrons. The number of alkyl carbamates (subject to hydrolysis) is 1. The number of likely N-dealkylation sites (tertiary alicyclic amines) is 1. The number of ether oxygens (including phenoxy) is 2. The van der Waals surface area contributed by atoms with Crippen molar-refractivity contribution >= 4 is 12.1 Å². The van der Waals surface area contributed by atoms with Crippen LogP contribution < -0.4 is 5.32 Å². The van der Waals surface area contributed by atoms with E-state index in [1.807, 2.05) is 51.1 Å². The molecule has 0 aliphatic carbocycles. The van der Waals surface area contributed by atoms with Gasteiger partial charge in [-0.3, -0.25) is 4.90 Å². The third kappa shape index (κ3) is 5.74. The van der Waals surface area contributed by atoms with E-state index in [-0.39, 0.29) is 12.0 Å². The number of rotatable bonds is 4. The third-order valence-electron chi connectivity index (χ3n) is 4.16. The molecule has 6 nitrogen and oxygen atoms in total. The van der Waals surface area contributed by atoms with Crippen LogP contribution in [0.25, 0.3) is 0 Å². The van der Waals surface area contributed by atoms with Crippen molar-refractivity contribution in [3.05, 3.63) is 35.9 Å². The second kappa shape index (κ2) is 8.34. The van der Waals surface area contributed by atoms with E-state index < -0.39 is 17.7 Å². The van der Waals surface area contributed by atoms with Crippen LogP contribution in [0.3, 0.4) is 0 Å². The highest BCUT2D eigenvalue weighted by Gasteiger charge is 2.32. The number of nitrogens with one attached hydrogen (secondary N) is 1. The molecule has 1 atom stereocenters. The first kappa shape index (κ1) is 19.2. The zero-order valence-corrected chi connectivity index (χ0v) is 15.5. The van der Waals surface area contributed by atoms with E-state index in [0.717, 1.165) is 18.4 Å². The molecular weight excluding hydrogens is 320 g/mol. The summed E-state index contributed by atoms with van der Waals surface area (Å²) in [4.78, 5) is 26.3. The SMILES string of the molecule is COC(=O)[C@H](c1ccccc1)N1CCC(NC(=O)OC(C)(C)C)CC1. The summed E-state index contributed by atoms with van der Waals surface area (Å²) in [5, 5.41) is 2.91. The second-order valence-electron chi connectivity index (χ2n) is 7.29. The normalized spacial score (nSPS) is 17.6. The van der Waals surface area contributed by atoms with Crippen molar-refractivity contribution in [3.8, 4) is 0 Å². The van der Waals surface area contributed by atoms with Crippen molar-refractivity contribution < 1.29 is 19.1 Å². The van der Waals surface area contributed by atoms with Gasteiger partial charge in [0.25, 0.3) is 0 Å². The molecule has 25 heavy (non-hydrogen) atoms. The Morgan fingerprint density at radius 3 is 2.28 bits per heavy atom. The quantitative estimate of drug-likeness (QED) is 0.848. The number of esters is 1. The topological polar surface area (TPSA) is 67.9 Å². The predicted octanol–water partition coefficient (Wildman–Crippen LogP) is 2.89. The minimum absolute atomic E-state index is 0.0557. The first-order chi connectivity index (χ1) is 11.8. The van der Waals surface area contributed by atoms with Crippen molar-refractivity contribution in [2.45, 2.75) is 51.3 Å². The van der Waals surface area contributed by atoms with Crippen LogP contribution >= 0.6 is 0 Å². The van der Waals surface area contributed by atoms with Crippen molar-refractivity contribution in [1.82, 2.24) is 10.2 Å². The minimum Gasteiger partial charge on any atom is -0.468 e. The molecule has 0 bridgehead atoms. The number of nitrogens with zero attached hydrogens (tertiary/aromatic N) is 1. The third-order valence-corrected chi connectivity index (χ3v) is 4.16. The largest absolute Gasteiger partial charge is 0.468 e. The number of piperidine rings is 1. The molecule has 0 unspecified atom stereocenters. The number of carbonyl (C=O) groups is 2. The van der Waals surface area contributed by atoms with Gasteiger partial charge < -0.3 is 14.8 Å². The van der Waals surface area contributed by atoms with Crippen LogP contribution in [-0.4, -0.2) is 48.8 Å². The number of hydrogen-bond acceptors (Lipinski definition) is 5. The van der Waals surface area contributed by atoms with Gasteiger partial charge in [0.05, 0.1) is 7.11 Å². The van der Waals surface area contributed by atoms with E-state index in [2.05, 4.69) is 10.2 Å². The smallest absolute Gasteiger partial charge is 0.407 e. The van der Waals surface area contributed by atoms with Crippen LogP contribution in [0.15, 0.2) is 30.3 Å². The van der Waals surface area contributed by atoms with Crippen molar-refractivity contribution in [2.75, 3.05) is 20.2 Å². The number of methoxy groups -OCH3 is 1. The lowest BCUT2D eigenvalue weighted by Crippen LogP contribution is -2.48. The fraction of sp³-hybridized carbons (Fsp3) is 0.579. The molecule has 6 heteroatoms. The summed E-state index contributed by atoms with van der Waals surface area (Å²) in [6.07, 6.45) is 1.14. The zero-order valence-electron chi connectivity index (χ0n) is 15.5. The van der Waals surface area contributed by atoms with E-state index in [0.29, 0.717) is 13.1 Å². The van der Waals surface area contributed by atoms with Gasteiger partial charge in [-0.15, -0.1) is 0 Å². The van der Waals surface area contributed by atoms with E-state index in [9.17, 15) is 9.59 Å². The molecule has 1 fully saturated rings. The Morgan fingerprint density at radius 2 is 1.76 bits per heavy atom. The molecule has 1 N–H and O–H groups in total. The predicted molar refractivity (Wildman–Crippen MR) is 95.2 cm³/mol. The van der Waals surface area contributed by atoms with Gasteiger partial charge in [0.2, 0.25) is 0 Å². The van der Waals surface area contributed by atoms with Crippen LogP contribution in [0.2, 0.25) is 0 Å². The maximum absolute atomic E-state index is 12.3. The lowest BCUT2D eigenvalue weighted by molar-refractivity contribution is -0.147. The Labute approximate surface area is 149 Å². The Bertz CT molecular complexity index is 575. The van der Waals surface area contributed by atoms with Gasteiger partial charge in [-0.1, -0.05) is 30.3 Å². The molecule has 1 amide bonds. The van der Waals surface area contributed by atoms with E-state index >= 15 is 0 Å². The van der Waals surface area contributed by atoms with Gasteiger partial charge in [0, 0.05) is 19.1 Å². The molecule has 1 saturated heterocycles. The molecule has 1 aliphatic rings. The molecule has 2 rings (SSSR count). The van der Waals surface area contributed by atoms with Gasteiger partial charge in [-0.25, -0.2) is 9.59 Å². The van der Waals surface area contributed by atoms with E-state index in [1.54, 1.807) is 0 Å². The van der Waals surface area contributed by atoms with Crippen molar-refractivity contribution in [2.24, 2.45) is 0 Å². The maximum atomic E-state index is 12.3. The molecule has 0 saturated carbocycles. The zero-order chi connectivity index (χ0) is 18.4. The average molecular weight is 348 g/mol. The van der Waals surface area contributed by atoms with Crippen LogP contribution in [0.1, 0.15) is 45.2 Å². The average Bonchev–Trinajstić information content (AvgIpc) is 2.55. The Hall–Kier alpha value is -2.08. The summed E-state index contributed by atoms with van der Waals surface area (Å²) < 4.78 is 10.3. The lowest BCUT2D eigenvalue weighted by Gasteiger charge is -2.36. The molecule has 1 heterocycles. The Kier molecular flexibility index (Phi) is 6.42. The summed E-state index contributed by atoms with van der Waals surface area (Å²) in [6, 6.07) is 9.28. The molecule has 1 aromatic rings. The molecule has 0 aromatic heterocycles. The number of benzene rings is 1. The number of amides is 1. The van der Waals surface area contributed by atoms with Gasteiger partial charge in [0.1, 0.15) is 11.6 Å². The van der Waals surface area contributed by atoms with Crippen LogP contribution in [0, 0.1) is 0 Å². The van der Waals surface area contributed by atoms with Crippen LogP contribution in [0.4, 0.5) is 4.79 Å². The highest BCUT2D eigenvalue weighted by Crippen LogP contribution is 2.26. The number of carbonyl (C=O) groups excluding carboxylic acids is 2. The first-order valence-corrected chi connectivity index (χ1v) is 8.66. The van der Waals surface area contributed by atoms with Crippen LogP contribution in [0.5, 0.6) is 0 Å². The lowest BCUT2D eigenvalue weighted by atomic mass is 9.99. The summed E-state index contributed by atoms with van der Waals surface area (Å²) in [7, 11) is 1.41. The van der Waals surface area contributed by atoms with Crippen molar-refractivity contribution in [3.63, 3.8) is 0 Å². The first-order valence-electron chi connectivity index (χ1n) is 8.66. The summed E-state index contributed by atoms with van der Waals surface area (Å²) in [5.74, 6) is -0.259. The molecule has 138 valence electrons. The Balaban J connectivity index is 1.95. The summed E-state index contributed by atoms with van der Waals surface area (Å²) >= 11 is 0. The summed E-state index contributed by atoms with van der Waals surface area (Å²) in [5.41, 5.74) is 0.418. The van der Waals surface area contributed by atoms with Gasteiger partial charge in [-0.2, -0.15) is 0 Å². The monoisotopic (exact) mass is 348 g/mol. The fourth-order valence-corrected chi connectivity index (χ4v) is 3.02. The summed E-state index contributed by atoms with van der Waals surface area (Å²) in [6.45, 7) is 6.94. The molecular formula is C19H28N2O4. The number of hydrogen-bond donors (Lipinski definition) is 1. The second-order valence-corrected chi connectivity index (χ2v) is 7.29. The minimum atomic E-state index is -0.506. The molecule has 1 aromatic carbocycles. The van der Waals surface area contributed by atoms with Gasteiger partial charge in [0.15, 0.2) is 0 Å².